The van der Waals surface area contributed by atoms with Crippen molar-refractivity contribution in [2.45, 2.75) is 58.5 Å². The number of aryl methyl sites for hydroxylation is 2. The minimum absolute atomic E-state index is 0.0341. The zero-order chi connectivity index (χ0) is 19.7. The van der Waals surface area contributed by atoms with Gasteiger partial charge in [-0.25, -0.2) is 9.59 Å². The van der Waals surface area contributed by atoms with Crippen LogP contribution in [0.15, 0.2) is 48.5 Å². The van der Waals surface area contributed by atoms with Gasteiger partial charge in [0.25, 0.3) is 0 Å². The van der Waals surface area contributed by atoms with Gasteiger partial charge in [0.1, 0.15) is 5.54 Å². The Bertz CT molecular complexity index is 853. The fourth-order valence-electron chi connectivity index (χ4n) is 3.91. The lowest BCUT2D eigenvalue weighted by molar-refractivity contribution is -0.863. The van der Waals surface area contributed by atoms with Crippen LogP contribution in [-0.2, 0) is 11.2 Å². The number of benzene rings is 2. The average molecular weight is 365 g/mol. The van der Waals surface area contributed by atoms with Gasteiger partial charge in [-0.15, -0.1) is 10.0 Å². The summed E-state index contributed by atoms with van der Waals surface area (Å²) < 4.78 is -0.435. The summed E-state index contributed by atoms with van der Waals surface area (Å²) in [6.45, 7) is 7.73. The van der Waals surface area contributed by atoms with Gasteiger partial charge < -0.3 is 0 Å². The first-order chi connectivity index (χ1) is 12.8. The average Bonchev–Trinajstić information content (AvgIpc) is 2.64. The van der Waals surface area contributed by atoms with Crippen molar-refractivity contribution in [3.8, 4) is 0 Å². The lowest BCUT2D eigenvalue weighted by atomic mass is 9.88. The third kappa shape index (κ3) is 3.60. The summed E-state index contributed by atoms with van der Waals surface area (Å²) >= 11 is 0. The van der Waals surface area contributed by atoms with Crippen LogP contribution in [0.2, 0.25) is 0 Å². The normalized spacial score (nSPS) is 19.0. The lowest BCUT2D eigenvalue weighted by Crippen LogP contribution is -2.70. The second kappa shape index (κ2) is 7.37. The van der Waals surface area contributed by atoms with Crippen LogP contribution in [0, 0.1) is 6.92 Å². The number of hydrogen-bond acceptors (Lipinski definition) is 3. The molecule has 0 radical (unpaired) electrons. The number of imide groups is 1. The van der Waals surface area contributed by atoms with E-state index in [9.17, 15) is 9.59 Å². The molecule has 0 bridgehead atoms. The number of carbonyl (C=O) groups is 2. The lowest BCUT2D eigenvalue weighted by Gasteiger charge is -2.43. The number of quaternary nitrogens is 1. The van der Waals surface area contributed by atoms with Crippen molar-refractivity contribution in [3.63, 3.8) is 0 Å². The van der Waals surface area contributed by atoms with Gasteiger partial charge in [-0.05, 0) is 70.2 Å². The number of amides is 2. The Morgan fingerprint density at radius 1 is 1.15 bits per heavy atom. The molecule has 27 heavy (non-hydrogen) atoms. The molecule has 0 saturated heterocycles. The van der Waals surface area contributed by atoms with Crippen LogP contribution in [0.5, 0.6) is 0 Å². The van der Waals surface area contributed by atoms with E-state index in [0.29, 0.717) is 5.56 Å². The summed E-state index contributed by atoms with van der Waals surface area (Å²) in [5.41, 5.74) is 6.86. The van der Waals surface area contributed by atoms with E-state index in [4.69, 9.17) is 0 Å². The van der Waals surface area contributed by atoms with Crippen LogP contribution >= 0.6 is 0 Å². The highest BCUT2D eigenvalue weighted by molar-refractivity contribution is 5.92. The maximum Gasteiger partial charge on any atom is 0.372 e. The molecule has 4 heteroatoms. The molecular weight excluding hydrogens is 336 g/mol. The van der Waals surface area contributed by atoms with Gasteiger partial charge in [-0.3, -0.25) is 0 Å². The van der Waals surface area contributed by atoms with E-state index in [0.717, 1.165) is 31.2 Å². The Kier molecular flexibility index (Phi) is 5.31. The Morgan fingerprint density at radius 3 is 2.56 bits per heavy atom. The standard InChI is InChI=1S/C23H29N2O2/c1-17-9-7-12-19(15-17)22(27)25(16-26,23(2,3)4)24-21-14-8-11-18-10-5-6-13-20(18)21/h5-7,9-10,12-13,15-16,21,24H,8,11,14H2,1-4H3/q+1. The molecule has 0 saturated carbocycles. The highest BCUT2D eigenvalue weighted by Gasteiger charge is 2.51. The quantitative estimate of drug-likeness (QED) is 0.493. The van der Waals surface area contributed by atoms with Gasteiger partial charge in [0, 0.05) is 0 Å². The molecule has 1 aliphatic rings. The van der Waals surface area contributed by atoms with Crippen LogP contribution in [0.3, 0.4) is 0 Å². The van der Waals surface area contributed by atoms with Gasteiger partial charge in [-0.2, -0.15) is 0 Å². The number of hydrogen-bond donors (Lipinski definition) is 1. The van der Waals surface area contributed by atoms with E-state index < -0.39 is 10.1 Å². The van der Waals surface area contributed by atoms with Gasteiger partial charge in [0.15, 0.2) is 0 Å². The molecule has 2 amide bonds. The molecule has 142 valence electrons. The molecule has 2 unspecified atom stereocenters. The minimum Gasteiger partial charge on any atom is -0.231 e. The van der Waals surface area contributed by atoms with Gasteiger partial charge in [0.2, 0.25) is 0 Å². The molecule has 0 aromatic heterocycles. The van der Waals surface area contributed by atoms with E-state index >= 15 is 0 Å². The predicted octanol–water partition coefficient (Wildman–Crippen LogP) is 4.49. The summed E-state index contributed by atoms with van der Waals surface area (Å²) in [6, 6.07) is 15.7. The van der Waals surface area contributed by atoms with Crippen molar-refractivity contribution in [3.05, 3.63) is 70.8 Å². The smallest absolute Gasteiger partial charge is 0.231 e. The fraction of sp³-hybridized carbons (Fsp3) is 0.391. The minimum atomic E-state index is -0.630. The molecule has 0 fully saturated rings. The van der Waals surface area contributed by atoms with Crippen LogP contribution in [0.25, 0.3) is 0 Å². The summed E-state index contributed by atoms with van der Waals surface area (Å²) in [6.07, 6.45) is 3.75. The van der Waals surface area contributed by atoms with Gasteiger partial charge in [0.05, 0.1) is 11.6 Å². The van der Waals surface area contributed by atoms with E-state index in [2.05, 4.69) is 17.6 Å². The molecule has 0 spiro atoms. The molecule has 2 aromatic rings. The molecule has 1 aliphatic carbocycles. The molecule has 1 N–H and O–H groups in total. The highest BCUT2D eigenvalue weighted by atomic mass is 16.2. The van der Waals surface area contributed by atoms with Crippen LogP contribution in [0.1, 0.15) is 66.7 Å². The predicted molar refractivity (Wildman–Crippen MR) is 107 cm³/mol. The first kappa shape index (κ1) is 19.5. The van der Waals surface area contributed by atoms with Crippen LogP contribution < -0.4 is 5.43 Å². The first-order valence-electron chi connectivity index (χ1n) is 9.61. The third-order valence-electron chi connectivity index (χ3n) is 5.53. The number of fused-ring (bicyclic) bond motifs is 1. The van der Waals surface area contributed by atoms with E-state index in [1.807, 2.05) is 58.0 Å². The van der Waals surface area contributed by atoms with Crippen LogP contribution in [0.4, 0.5) is 0 Å². The van der Waals surface area contributed by atoms with Crippen molar-refractivity contribution < 1.29 is 14.2 Å². The molecule has 4 nitrogen and oxygen atoms in total. The monoisotopic (exact) mass is 365 g/mol. The maximum atomic E-state index is 13.6. The van der Waals surface area contributed by atoms with Crippen molar-refractivity contribution in [1.82, 2.24) is 5.43 Å². The Hall–Kier alpha value is -2.30. The van der Waals surface area contributed by atoms with E-state index in [1.54, 1.807) is 6.07 Å². The molecule has 0 heterocycles. The van der Waals surface area contributed by atoms with E-state index in [1.165, 1.54) is 11.1 Å². The number of rotatable bonds is 4. The second-order valence-electron chi connectivity index (χ2n) is 8.45. The SMILES string of the molecule is Cc1cccc(C(=O)[N+](C=O)(NC2CCCc3ccccc32)C(C)(C)C)c1. The zero-order valence-corrected chi connectivity index (χ0v) is 16.7. The first-order valence-corrected chi connectivity index (χ1v) is 9.61. The molecule has 2 aromatic carbocycles. The number of carbonyl (C=O) groups excluding carboxylic acids is 2. The largest absolute Gasteiger partial charge is 0.372 e. The Morgan fingerprint density at radius 2 is 1.89 bits per heavy atom. The fourth-order valence-corrected chi connectivity index (χ4v) is 3.91. The zero-order valence-electron chi connectivity index (χ0n) is 16.7. The summed E-state index contributed by atoms with van der Waals surface area (Å²) in [4.78, 5) is 26.0. The summed E-state index contributed by atoms with van der Waals surface area (Å²) in [5, 5.41) is 0. The maximum absolute atomic E-state index is 13.6. The molecule has 2 atom stereocenters. The summed E-state index contributed by atoms with van der Waals surface area (Å²) in [5.74, 6) is -0.218. The van der Waals surface area contributed by atoms with Crippen molar-refractivity contribution in [1.29, 1.82) is 0 Å². The topological polar surface area (TPSA) is 46.2 Å². The Labute approximate surface area is 161 Å². The van der Waals surface area contributed by atoms with Crippen LogP contribution in [-0.4, -0.2) is 22.4 Å². The number of nitrogens with one attached hydrogen (secondary N) is 1. The van der Waals surface area contributed by atoms with E-state index in [-0.39, 0.29) is 11.9 Å². The van der Waals surface area contributed by atoms with Crippen molar-refractivity contribution in [2.75, 3.05) is 0 Å². The van der Waals surface area contributed by atoms with Crippen molar-refractivity contribution >= 4 is 12.3 Å². The van der Waals surface area contributed by atoms with Gasteiger partial charge in [-0.1, -0.05) is 42.0 Å². The second-order valence-corrected chi connectivity index (χ2v) is 8.45. The Balaban J connectivity index is 2.05. The highest BCUT2D eigenvalue weighted by Crippen LogP contribution is 2.34. The molecular formula is C23H29N2O2+. The molecule has 0 aliphatic heterocycles. The number of nitrogens with zero attached hydrogens (tertiary/aromatic N) is 1. The summed E-state index contributed by atoms with van der Waals surface area (Å²) in [7, 11) is 0. The van der Waals surface area contributed by atoms with Gasteiger partial charge >= 0.3 is 12.3 Å². The molecule has 3 rings (SSSR count). The third-order valence-corrected chi connectivity index (χ3v) is 5.53. The van der Waals surface area contributed by atoms with Crippen molar-refractivity contribution in [2.24, 2.45) is 0 Å².